The predicted molar refractivity (Wildman–Crippen MR) is 276 cm³/mol. The van der Waals surface area contributed by atoms with E-state index in [0.717, 1.165) is 61.0 Å². The lowest BCUT2D eigenvalue weighted by Gasteiger charge is -2.67. The number of pyridine rings is 1. The van der Waals surface area contributed by atoms with Crippen LogP contribution < -0.4 is 20.7 Å². The van der Waals surface area contributed by atoms with Crippen molar-refractivity contribution in [1.29, 1.82) is 5.26 Å². The van der Waals surface area contributed by atoms with Gasteiger partial charge in [0.1, 0.15) is 42.4 Å². The van der Waals surface area contributed by atoms with Gasteiger partial charge >= 0.3 is 0 Å². The van der Waals surface area contributed by atoms with Gasteiger partial charge in [0.15, 0.2) is 5.72 Å². The number of benzene rings is 2. The van der Waals surface area contributed by atoms with Crippen LogP contribution in [0.25, 0.3) is 10.4 Å². The van der Waals surface area contributed by atoms with Gasteiger partial charge < -0.3 is 40.3 Å². The van der Waals surface area contributed by atoms with E-state index < -0.39 is 58.0 Å². The van der Waals surface area contributed by atoms with Crippen LogP contribution in [0.1, 0.15) is 108 Å². The topological polar surface area (TPSA) is 208 Å². The number of rotatable bonds is 15. The Balaban J connectivity index is 0.996. The number of anilines is 1. The number of nitrogens with two attached hydrogens (primary N) is 1. The van der Waals surface area contributed by atoms with E-state index in [9.17, 15) is 20.0 Å². The van der Waals surface area contributed by atoms with E-state index in [1.54, 1.807) is 51.7 Å². The molecule has 2 saturated carbocycles. The van der Waals surface area contributed by atoms with Gasteiger partial charge in [-0.15, -0.1) is 11.3 Å². The fraction of sp³-hybridized carbons (Fsp3) is 0.537. The molecule has 2 aliphatic carbocycles. The molecule has 4 aliphatic rings. The molecule has 16 nitrogen and oxygen atoms in total. The largest absolute Gasteiger partial charge is 0.489 e. The monoisotopic (exact) mass is 1020 g/mol. The lowest BCUT2D eigenvalue weighted by molar-refractivity contribution is -0.226. The van der Waals surface area contributed by atoms with Crippen molar-refractivity contribution >= 4 is 52.4 Å². The molecular formula is C54H68ClN9O7S. The molecule has 18 heteroatoms. The highest BCUT2D eigenvalue weighted by Crippen LogP contribution is 2.59. The Morgan fingerprint density at radius 3 is 2.24 bits per heavy atom. The second-order valence-electron chi connectivity index (χ2n) is 22.3. The zero-order chi connectivity index (χ0) is 52.1. The van der Waals surface area contributed by atoms with Crippen LogP contribution in [0.15, 0.2) is 66.3 Å². The highest BCUT2D eigenvalue weighted by molar-refractivity contribution is 7.13. The lowest BCUT2D eigenvalue weighted by Crippen LogP contribution is -2.78. The number of carbonyl (C=O) groups is 4. The molecule has 4 heterocycles. The minimum atomic E-state index is -1.75. The normalized spacial score (nSPS) is 23.9. The van der Waals surface area contributed by atoms with Crippen molar-refractivity contribution in [2.75, 3.05) is 44.2 Å². The molecule has 8 rings (SSSR count). The van der Waals surface area contributed by atoms with E-state index in [2.05, 4.69) is 31.2 Å². The Labute approximate surface area is 431 Å². The highest BCUT2D eigenvalue weighted by atomic mass is 35.5. The van der Waals surface area contributed by atoms with Crippen molar-refractivity contribution in [3.05, 3.63) is 93.7 Å². The quantitative estimate of drug-likeness (QED) is 0.104. The number of aliphatic hydroxyl groups is 1. The summed E-state index contributed by atoms with van der Waals surface area (Å²) in [6.45, 7) is 20.7. The third-order valence-corrected chi connectivity index (χ3v) is 16.6. The van der Waals surface area contributed by atoms with Crippen LogP contribution in [0.2, 0.25) is 5.02 Å². The summed E-state index contributed by atoms with van der Waals surface area (Å²) in [6, 6.07) is 15.8. The van der Waals surface area contributed by atoms with Gasteiger partial charge in [-0.3, -0.25) is 24.1 Å². The van der Waals surface area contributed by atoms with Crippen LogP contribution in [0.5, 0.6) is 5.75 Å². The number of halogens is 1. The molecule has 2 aromatic carbocycles. The Morgan fingerprint density at radius 1 is 0.986 bits per heavy atom. The number of hydrogen-bond acceptors (Lipinski definition) is 13. The Kier molecular flexibility index (Phi) is 14.9. The van der Waals surface area contributed by atoms with Crippen LogP contribution >= 0.6 is 22.9 Å². The summed E-state index contributed by atoms with van der Waals surface area (Å²) in [5.41, 5.74) is 6.23. The average molecular weight is 1020 g/mol. The van der Waals surface area contributed by atoms with Gasteiger partial charge in [-0.1, -0.05) is 84.3 Å². The summed E-state index contributed by atoms with van der Waals surface area (Å²) in [5.74, 6) is -0.397. The number of nitrogens with one attached hydrogen (secondary N) is 1. The second kappa shape index (κ2) is 20.3. The fourth-order valence-corrected chi connectivity index (χ4v) is 12.9. The van der Waals surface area contributed by atoms with Crippen LogP contribution in [0.3, 0.4) is 0 Å². The van der Waals surface area contributed by atoms with Gasteiger partial charge in [0.25, 0.3) is 0 Å². The van der Waals surface area contributed by atoms with Crippen molar-refractivity contribution in [2.45, 2.75) is 130 Å². The molecular weight excluding hydrogens is 954 g/mol. The van der Waals surface area contributed by atoms with Gasteiger partial charge in [0.2, 0.25) is 23.6 Å². The van der Waals surface area contributed by atoms with Crippen LogP contribution in [-0.4, -0.2) is 129 Å². The van der Waals surface area contributed by atoms with Gasteiger partial charge in [0.05, 0.1) is 38.3 Å². The maximum atomic E-state index is 15.5. The number of ether oxygens (including phenoxy) is 2. The molecule has 4 amide bonds. The standard InChI is InChI=1S/C54H68ClN9O7S/c1-32-44(72-31-59-32)33-12-16-36(17-13-33)54(9,69)60-47(67)41-11-10-20-63(41)48(68)45(51(2,3)4)64(49-52(5,6)50(53(49,7)8)71-38-18-14-34(28-56)40(55)27-38)43(65)30-70-39-25-37(26-39)61-21-23-62(24-22-61)42-19-15-35(29-58-42)46(57)66/h12-19,27,29,31,37,39,41,45,49-50,69H,10-11,20-26,30H2,1-9H3,(H2,57,66)(H,60,67)/t37?,39?,41-,45+,49?,50?,54-/m0/s1. The summed E-state index contributed by atoms with van der Waals surface area (Å²) >= 11 is 7.98. The SMILES string of the molecule is Cc1ncsc1-c1ccc([C@](C)(O)NC(=O)[C@@H]2CCCN2C(=O)[C@@H](N(C(=O)COC2CC(N3CCN(c4ccc(C(N)=O)cn4)CC3)C2)C2C(C)(C)C(Oc3ccc(C#N)c(Cl)c3)C2(C)C)C(C)(C)C)cc1. The fourth-order valence-electron chi connectivity index (χ4n) is 11.9. The van der Waals surface area contributed by atoms with E-state index in [-0.39, 0.29) is 29.5 Å². The summed E-state index contributed by atoms with van der Waals surface area (Å²) < 4.78 is 13.1. The number of aromatic nitrogens is 2. The first-order valence-electron chi connectivity index (χ1n) is 24.8. The van der Waals surface area contributed by atoms with Gasteiger partial charge in [-0.25, -0.2) is 9.97 Å². The summed E-state index contributed by atoms with van der Waals surface area (Å²) in [5, 5.41) is 24.4. The number of primary amides is 1. The van der Waals surface area contributed by atoms with Crippen molar-refractivity contribution < 1.29 is 33.8 Å². The summed E-state index contributed by atoms with van der Waals surface area (Å²) in [4.78, 5) is 74.4. The number of thiazole rings is 1. The molecule has 0 radical (unpaired) electrons. The van der Waals surface area contributed by atoms with E-state index >= 15 is 9.59 Å². The molecule has 2 aromatic heterocycles. The van der Waals surface area contributed by atoms with E-state index in [4.69, 9.17) is 26.8 Å². The molecule has 2 aliphatic heterocycles. The van der Waals surface area contributed by atoms with Crippen molar-refractivity contribution in [3.8, 4) is 22.3 Å². The van der Waals surface area contributed by atoms with Crippen LogP contribution in [-0.2, 0) is 24.8 Å². The molecule has 2 saturated heterocycles. The molecule has 4 N–H and O–H groups in total. The number of nitriles is 1. The zero-order valence-corrected chi connectivity index (χ0v) is 44.3. The van der Waals surface area contributed by atoms with Crippen LogP contribution in [0, 0.1) is 34.5 Å². The number of hydrogen-bond donors (Lipinski definition) is 3. The van der Waals surface area contributed by atoms with Crippen molar-refractivity contribution in [3.63, 3.8) is 0 Å². The minimum Gasteiger partial charge on any atom is -0.489 e. The minimum absolute atomic E-state index is 0.155. The van der Waals surface area contributed by atoms with Gasteiger partial charge in [0, 0.05) is 73.5 Å². The molecule has 0 bridgehead atoms. The molecule has 0 unspecified atom stereocenters. The predicted octanol–water partition coefficient (Wildman–Crippen LogP) is 6.91. The average Bonchev–Trinajstić information content (AvgIpc) is 3.99. The highest BCUT2D eigenvalue weighted by Gasteiger charge is 2.68. The number of nitrogens with zero attached hydrogens (tertiary/aromatic N) is 7. The number of carbonyl (C=O) groups excluding carboxylic acids is 4. The van der Waals surface area contributed by atoms with E-state index in [1.807, 2.05) is 73.6 Å². The van der Waals surface area contributed by atoms with Crippen molar-refractivity contribution in [2.24, 2.45) is 22.0 Å². The molecule has 384 valence electrons. The van der Waals surface area contributed by atoms with E-state index in [0.29, 0.717) is 47.9 Å². The maximum absolute atomic E-state index is 15.5. The number of likely N-dealkylation sites (tertiary alicyclic amines) is 1. The third-order valence-electron chi connectivity index (χ3n) is 15.3. The molecule has 0 spiro atoms. The third kappa shape index (κ3) is 10.4. The maximum Gasteiger partial charge on any atom is 0.250 e. The molecule has 72 heavy (non-hydrogen) atoms. The number of aryl methyl sites for hydroxylation is 1. The Hall–Kier alpha value is -5.64. The Bertz CT molecular complexity index is 2690. The van der Waals surface area contributed by atoms with E-state index in [1.165, 1.54) is 24.5 Å². The zero-order valence-electron chi connectivity index (χ0n) is 42.8. The van der Waals surface area contributed by atoms with Crippen LogP contribution in [0.4, 0.5) is 5.82 Å². The lowest BCUT2D eigenvalue weighted by atomic mass is 9.48. The number of piperazine rings is 1. The Morgan fingerprint density at radius 2 is 1.67 bits per heavy atom. The summed E-state index contributed by atoms with van der Waals surface area (Å²) in [6.07, 6.45) is 3.37. The van der Waals surface area contributed by atoms with Gasteiger partial charge in [-0.05, 0) is 74.8 Å². The first-order valence-corrected chi connectivity index (χ1v) is 26.1. The second-order valence-corrected chi connectivity index (χ2v) is 23.6. The van der Waals surface area contributed by atoms with Gasteiger partial charge in [-0.2, -0.15) is 5.26 Å². The molecule has 3 atom stereocenters. The molecule has 4 fully saturated rings. The smallest absolute Gasteiger partial charge is 0.250 e. The molecule has 4 aromatic rings. The number of amides is 4. The van der Waals surface area contributed by atoms with Crippen molar-refractivity contribution in [1.82, 2.24) is 30.0 Å². The summed E-state index contributed by atoms with van der Waals surface area (Å²) in [7, 11) is 0. The first kappa shape index (κ1) is 52.7. The first-order chi connectivity index (χ1) is 33.9.